The summed E-state index contributed by atoms with van der Waals surface area (Å²) in [6, 6.07) is 9.78. The van der Waals surface area contributed by atoms with E-state index in [1.54, 1.807) is 4.90 Å². The summed E-state index contributed by atoms with van der Waals surface area (Å²) in [4.78, 5) is 18.4. The van der Waals surface area contributed by atoms with Crippen LogP contribution in [0.1, 0.15) is 12.1 Å². The van der Waals surface area contributed by atoms with E-state index in [1.807, 2.05) is 37.3 Å². The first-order chi connectivity index (χ1) is 9.19. The highest BCUT2D eigenvalue weighted by Crippen LogP contribution is 2.31. The summed E-state index contributed by atoms with van der Waals surface area (Å²) in [6.07, 6.45) is 0.423. The molecule has 1 N–H and O–H groups in total. The number of anilines is 1. The smallest absolute Gasteiger partial charge is 0.227 e. The van der Waals surface area contributed by atoms with Crippen LogP contribution in [-0.2, 0) is 4.79 Å². The molecular weight excluding hydrogens is 240 g/mol. The van der Waals surface area contributed by atoms with Crippen molar-refractivity contribution < 1.29 is 9.90 Å². The Hall–Kier alpha value is -1.94. The minimum atomic E-state index is 0.0414. The monoisotopic (exact) mass is 256 g/mol. The van der Waals surface area contributed by atoms with Gasteiger partial charge in [0, 0.05) is 36.6 Å². The summed E-state index contributed by atoms with van der Waals surface area (Å²) in [5, 5.41) is 10.2. The molecular formula is C15H16N2O2. The fraction of sp³-hybridized carbons (Fsp3) is 0.333. The number of aliphatic hydroxyl groups excluding tert-OH is 1. The number of carbonyl (C=O) groups is 1. The second-order valence-electron chi connectivity index (χ2n) is 5.06. The second kappa shape index (κ2) is 4.63. The minimum Gasteiger partial charge on any atom is -0.396 e. The van der Waals surface area contributed by atoms with Crippen LogP contribution in [0.25, 0.3) is 10.9 Å². The average Bonchev–Trinajstić information content (AvgIpc) is 2.79. The van der Waals surface area contributed by atoms with Crippen molar-refractivity contribution in [1.29, 1.82) is 0 Å². The van der Waals surface area contributed by atoms with E-state index in [4.69, 9.17) is 0 Å². The van der Waals surface area contributed by atoms with Crippen molar-refractivity contribution in [2.75, 3.05) is 18.1 Å². The summed E-state index contributed by atoms with van der Waals surface area (Å²) in [5.41, 5.74) is 2.70. The Morgan fingerprint density at radius 1 is 1.42 bits per heavy atom. The molecule has 0 saturated carbocycles. The van der Waals surface area contributed by atoms with Gasteiger partial charge in [0.05, 0.1) is 11.2 Å². The third kappa shape index (κ3) is 2.08. The number of hydrogen-bond acceptors (Lipinski definition) is 3. The lowest BCUT2D eigenvalue weighted by Gasteiger charge is -2.19. The number of aliphatic hydroxyl groups is 1. The fourth-order valence-corrected chi connectivity index (χ4v) is 2.65. The highest BCUT2D eigenvalue weighted by atomic mass is 16.3. The quantitative estimate of drug-likeness (QED) is 0.892. The third-order valence-electron chi connectivity index (χ3n) is 3.58. The maximum Gasteiger partial charge on any atom is 0.227 e. The van der Waals surface area contributed by atoms with E-state index in [1.165, 1.54) is 0 Å². The molecule has 4 heteroatoms. The predicted molar refractivity (Wildman–Crippen MR) is 74.0 cm³/mol. The van der Waals surface area contributed by atoms with E-state index in [0.29, 0.717) is 13.0 Å². The number of carbonyl (C=O) groups excluding carboxylic acids is 1. The van der Waals surface area contributed by atoms with Crippen molar-refractivity contribution in [2.24, 2.45) is 5.92 Å². The number of hydrogen-bond donors (Lipinski definition) is 1. The van der Waals surface area contributed by atoms with Crippen LogP contribution in [0, 0.1) is 12.8 Å². The number of fused-ring (bicyclic) bond motifs is 1. The van der Waals surface area contributed by atoms with Crippen molar-refractivity contribution in [3.63, 3.8) is 0 Å². The molecule has 0 spiro atoms. The molecule has 0 radical (unpaired) electrons. The Labute approximate surface area is 111 Å². The molecule has 2 heterocycles. The summed E-state index contributed by atoms with van der Waals surface area (Å²) in [5.74, 6) is 0.120. The molecule has 1 aromatic heterocycles. The summed E-state index contributed by atoms with van der Waals surface area (Å²) in [7, 11) is 0. The molecule has 2 aromatic rings. The average molecular weight is 256 g/mol. The van der Waals surface area contributed by atoms with Gasteiger partial charge in [0.2, 0.25) is 5.91 Å². The Morgan fingerprint density at radius 3 is 2.95 bits per heavy atom. The first-order valence-electron chi connectivity index (χ1n) is 6.46. The van der Waals surface area contributed by atoms with Crippen LogP contribution in [0.15, 0.2) is 30.3 Å². The van der Waals surface area contributed by atoms with Crippen molar-refractivity contribution in [3.05, 3.63) is 36.0 Å². The van der Waals surface area contributed by atoms with Crippen LogP contribution in [0.2, 0.25) is 0 Å². The number of nitrogens with zero attached hydrogens (tertiary/aromatic N) is 2. The van der Waals surface area contributed by atoms with Crippen molar-refractivity contribution in [3.8, 4) is 0 Å². The fourth-order valence-electron chi connectivity index (χ4n) is 2.65. The number of pyridine rings is 1. The lowest BCUT2D eigenvalue weighted by atomic mass is 10.1. The van der Waals surface area contributed by atoms with Crippen LogP contribution >= 0.6 is 0 Å². The molecule has 1 amide bonds. The molecule has 98 valence electrons. The zero-order valence-electron chi connectivity index (χ0n) is 10.8. The van der Waals surface area contributed by atoms with Crippen molar-refractivity contribution in [2.45, 2.75) is 13.3 Å². The van der Waals surface area contributed by atoms with Gasteiger partial charge in [0.1, 0.15) is 0 Å². The molecule has 3 rings (SSSR count). The Morgan fingerprint density at radius 2 is 2.21 bits per heavy atom. The molecule has 1 fully saturated rings. The molecule has 1 aromatic carbocycles. The SMILES string of the molecule is Cc1cc(N2CC(CO)CC2=O)c2ccccc2n1. The van der Waals surface area contributed by atoms with Gasteiger partial charge in [-0.3, -0.25) is 9.78 Å². The summed E-state index contributed by atoms with van der Waals surface area (Å²) in [6.45, 7) is 2.58. The van der Waals surface area contributed by atoms with Crippen LogP contribution in [0.4, 0.5) is 5.69 Å². The van der Waals surface area contributed by atoms with Gasteiger partial charge in [0.15, 0.2) is 0 Å². The van der Waals surface area contributed by atoms with E-state index >= 15 is 0 Å². The second-order valence-corrected chi connectivity index (χ2v) is 5.06. The summed E-state index contributed by atoms with van der Waals surface area (Å²) >= 11 is 0. The van der Waals surface area contributed by atoms with E-state index in [0.717, 1.165) is 22.3 Å². The molecule has 1 aliphatic rings. The van der Waals surface area contributed by atoms with Gasteiger partial charge in [-0.15, -0.1) is 0 Å². The van der Waals surface area contributed by atoms with Crippen molar-refractivity contribution >= 4 is 22.5 Å². The van der Waals surface area contributed by atoms with Crippen LogP contribution in [0.5, 0.6) is 0 Å². The zero-order valence-corrected chi connectivity index (χ0v) is 10.8. The maximum absolute atomic E-state index is 12.1. The molecule has 1 aliphatic heterocycles. The number of para-hydroxylation sites is 1. The van der Waals surface area contributed by atoms with Gasteiger partial charge in [0.25, 0.3) is 0 Å². The van der Waals surface area contributed by atoms with Crippen LogP contribution in [0.3, 0.4) is 0 Å². The molecule has 0 bridgehead atoms. The first-order valence-corrected chi connectivity index (χ1v) is 6.46. The van der Waals surface area contributed by atoms with Gasteiger partial charge < -0.3 is 10.0 Å². The third-order valence-corrected chi connectivity index (χ3v) is 3.58. The minimum absolute atomic E-state index is 0.0414. The standard InChI is InChI=1S/C15H16N2O2/c1-10-6-14(12-4-2-3-5-13(12)16-10)17-8-11(9-18)7-15(17)19/h2-6,11,18H,7-9H2,1H3. The normalized spacial score (nSPS) is 19.4. The van der Waals surface area contributed by atoms with Gasteiger partial charge in [-0.05, 0) is 19.1 Å². The lowest BCUT2D eigenvalue weighted by Crippen LogP contribution is -2.25. The van der Waals surface area contributed by atoms with Gasteiger partial charge in [-0.25, -0.2) is 0 Å². The highest BCUT2D eigenvalue weighted by Gasteiger charge is 2.31. The Kier molecular flexibility index (Phi) is 2.95. The number of aromatic nitrogens is 1. The Balaban J connectivity index is 2.12. The van der Waals surface area contributed by atoms with Crippen molar-refractivity contribution in [1.82, 2.24) is 4.98 Å². The van der Waals surface area contributed by atoms with Crippen LogP contribution in [-0.4, -0.2) is 29.1 Å². The Bertz CT molecular complexity index is 639. The number of amides is 1. The largest absolute Gasteiger partial charge is 0.396 e. The molecule has 4 nitrogen and oxygen atoms in total. The number of benzene rings is 1. The lowest BCUT2D eigenvalue weighted by molar-refractivity contribution is -0.117. The van der Waals surface area contributed by atoms with E-state index in [9.17, 15) is 9.90 Å². The zero-order chi connectivity index (χ0) is 13.4. The van der Waals surface area contributed by atoms with E-state index in [2.05, 4.69) is 4.98 Å². The van der Waals surface area contributed by atoms with Gasteiger partial charge >= 0.3 is 0 Å². The first kappa shape index (κ1) is 12.1. The van der Waals surface area contributed by atoms with E-state index < -0.39 is 0 Å². The highest BCUT2D eigenvalue weighted by molar-refractivity contribution is 6.04. The van der Waals surface area contributed by atoms with Gasteiger partial charge in [-0.2, -0.15) is 0 Å². The predicted octanol–water partition coefficient (Wildman–Crippen LogP) is 1.89. The van der Waals surface area contributed by atoms with E-state index in [-0.39, 0.29) is 18.4 Å². The molecule has 1 unspecified atom stereocenters. The summed E-state index contributed by atoms with van der Waals surface area (Å²) < 4.78 is 0. The maximum atomic E-state index is 12.1. The molecule has 1 atom stereocenters. The number of aryl methyl sites for hydroxylation is 1. The molecule has 0 aliphatic carbocycles. The van der Waals surface area contributed by atoms with Crippen LogP contribution < -0.4 is 4.90 Å². The van der Waals surface area contributed by atoms with Gasteiger partial charge in [-0.1, -0.05) is 18.2 Å². The topological polar surface area (TPSA) is 53.4 Å². The molecule has 19 heavy (non-hydrogen) atoms. The number of rotatable bonds is 2. The molecule has 1 saturated heterocycles.